The van der Waals surface area contributed by atoms with Crippen molar-refractivity contribution in [2.45, 2.75) is 44.1 Å². The number of imide groups is 1. The summed E-state index contributed by atoms with van der Waals surface area (Å²) in [5.41, 5.74) is -0.596. The summed E-state index contributed by atoms with van der Waals surface area (Å²) in [6.45, 7) is 2.24. The second kappa shape index (κ2) is 4.53. The molecular weight excluding hydrogens is 230 g/mol. The Bertz CT molecular complexity index is 357. The summed E-state index contributed by atoms with van der Waals surface area (Å²) < 4.78 is 0. The monoisotopic (exact) mass is 251 g/mol. The van der Waals surface area contributed by atoms with Gasteiger partial charge in [-0.05, 0) is 44.7 Å². The Balaban J connectivity index is 1.71. The molecule has 3 rings (SSSR count). The fourth-order valence-electron chi connectivity index (χ4n) is 3.49. The second-order valence-electron chi connectivity index (χ2n) is 5.83. The molecule has 0 bridgehead atoms. The van der Waals surface area contributed by atoms with Crippen LogP contribution in [0.3, 0.4) is 0 Å². The fourth-order valence-corrected chi connectivity index (χ4v) is 3.49. The van der Waals surface area contributed by atoms with Gasteiger partial charge in [-0.25, -0.2) is 4.79 Å². The molecule has 1 aliphatic carbocycles. The highest BCUT2D eigenvalue weighted by Crippen LogP contribution is 2.31. The van der Waals surface area contributed by atoms with Crippen molar-refractivity contribution in [2.75, 3.05) is 19.6 Å². The number of nitrogens with zero attached hydrogens (tertiary/aromatic N) is 1. The summed E-state index contributed by atoms with van der Waals surface area (Å²) in [7, 11) is 0. The van der Waals surface area contributed by atoms with E-state index in [9.17, 15) is 9.59 Å². The van der Waals surface area contributed by atoms with E-state index in [2.05, 4.69) is 10.6 Å². The first-order valence-electron chi connectivity index (χ1n) is 7.06. The first-order chi connectivity index (χ1) is 8.71. The predicted molar refractivity (Wildman–Crippen MR) is 67.0 cm³/mol. The highest BCUT2D eigenvalue weighted by Gasteiger charge is 2.51. The zero-order valence-corrected chi connectivity index (χ0v) is 10.7. The summed E-state index contributed by atoms with van der Waals surface area (Å²) >= 11 is 0. The molecule has 2 saturated heterocycles. The molecule has 0 aromatic heterocycles. The normalized spacial score (nSPS) is 28.1. The lowest BCUT2D eigenvalue weighted by atomic mass is 9.88. The number of hydrogen-bond donors (Lipinski definition) is 2. The van der Waals surface area contributed by atoms with Gasteiger partial charge in [-0.3, -0.25) is 9.69 Å². The summed E-state index contributed by atoms with van der Waals surface area (Å²) in [5, 5.41) is 6.18. The SMILES string of the molecule is O=C1NC2(CCNCC2)C(=O)N1CC1CCCC1. The Morgan fingerprint density at radius 2 is 1.83 bits per heavy atom. The predicted octanol–water partition coefficient (Wildman–Crippen LogP) is 0.851. The lowest BCUT2D eigenvalue weighted by molar-refractivity contribution is -0.132. The third kappa shape index (κ3) is 1.90. The van der Waals surface area contributed by atoms with Crippen LogP contribution >= 0.6 is 0 Å². The molecule has 2 N–H and O–H groups in total. The maximum absolute atomic E-state index is 12.5. The average Bonchev–Trinajstić information content (AvgIpc) is 2.95. The lowest BCUT2D eigenvalue weighted by Gasteiger charge is -2.31. The minimum atomic E-state index is -0.596. The van der Waals surface area contributed by atoms with Crippen LogP contribution in [0.2, 0.25) is 0 Å². The number of carbonyl (C=O) groups excluding carboxylic acids is 2. The summed E-state index contributed by atoms with van der Waals surface area (Å²) in [5.74, 6) is 0.539. The van der Waals surface area contributed by atoms with E-state index in [1.807, 2.05) is 0 Å². The highest BCUT2D eigenvalue weighted by atomic mass is 16.2. The average molecular weight is 251 g/mol. The van der Waals surface area contributed by atoms with Crippen molar-refractivity contribution in [1.82, 2.24) is 15.5 Å². The van der Waals surface area contributed by atoms with Crippen LogP contribution in [-0.2, 0) is 4.79 Å². The summed E-state index contributed by atoms with van der Waals surface area (Å²) in [6.07, 6.45) is 6.24. The van der Waals surface area contributed by atoms with Crippen LogP contribution in [0.25, 0.3) is 0 Å². The Labute approximate surface area is 107 Å². The molecule has 5 heteroatoms. The fraction of sp³-hybridized carbons (Fsp3) is 0.846. The lowest BCUT2D eigenvalue weighted by Crippen LogP contribution is -2.54. The second-order valence-corrected chi connectivity index (χ2v) is 5.83. The van der Waals surface area contributed by atoms with Gasteiger partial charge < -0.3 is 10.6 Å². The number of rotatable bonds is 2. The van der Waals surface area contributed by atoms with Gasteiger partial charge in [-0.1, -0.05) is 12.8 Å². The first kappa shape index (κ1) is 12.0. The Morgan fingerprint density at radius 1 is 1.17 bits per heavy atom. The van der Waals surface area contributed by atoms with E-state index in [1.165, 1.54) is 17.7 Å². The molecule has 2 aliphatic heterocycles. The topological polar surface area (TPSA) is 61.4 Å². The largest absolute Gasteiger partial charge is 0.325 e. The van der Waals surface area contributed by atoms with Crippen LogP contribution in [0.15, 0.2) is 0 Å². The van der Waals surface area contributed by atoms with E-state index in [0.717, 1.165) is 38.8 Å². The van der Waals surface area contributed by atoms with Gasteiger partial charge in [-0.15, -0.1) is 0 Å². The highest BCUT2D eigenvalue weighted by molar-refractivity contribution is 6.07. The van der Waals surface area contributed by atoms with Crippen molar-refractivity contribution < 1.29 is 9.59 Å². The number of nitrogens with one attached hydrogen (secondary N) is 2. The van der Waals surface area contributed by atoms with Gasteiger partial charge in [0, 0.05) is 6.54 Å². The minimum Gasteiger partial charge on any atom is -0.323 e. The van der Waals surface area contributed by atoms with Gasteiger partial charge in [-0.2, -0.15) is 0 Å². The van der Waals surface area contributed by atoms with Crippen LogP contribution in [-0.4, -0.2) is 42.0 Å². The van der Waals surface area contributed by atoms with E-state index in [-0.39, 0.29) is 11.9 Å². The molecule has 2 heterocycles. The molecule has 0 aromatic carbocycles. The Kier molecular flexibility index (Phi) is 3.01. The number of amides is 3. The number of hydrogen-bond acceptors (Lipinski definition) is 3. The van der Waals surface area contributed by atoms with Crippen molar-refractivity contribution in [3.05, 3.63) is 0 Å². The maximum atomic E-state index is 12.5. The molecule has 3 aliphatic rings. The van der Waals surface area contributed by atoms with Crippen molar-refractivity contribution >= 4 is 11.9 Å². The molecule has 0 aromatic rings. The molecule has 18 heavy (non-hydrogen) atoms. The zero-order valence-electron chi connectivity index (χ0n) is 10.7. The number of urea groups is 1. The van der Waals surface area contributed by atoms with Gasteiger partial charge in [0.25, 0.3) is 5.91 Å². The third-order valence-corrected chi connectivity index (χ3v) is 4.62. The molecule has 0 radical (unpaired) electrons. The number of carbonyl (C=O) groups is 2. The van der Waals surface area contributed by atoms with Crippen LogP contribution in [0.5, 0.6) is 0 Å². The minimum absolute atomic E-state index is 0.0147. The summed E-state index contributed by atoms with van der Waals surface area (Å²) in [4.78, 5) is 26.0. The van der Waals surface area contributed by atoms with Gasteiger partial charge >= 0.3 is 6.03 Å². The van der Waals surface area contributed by atoms with Crippen LogP contribution in [0, 0.1) is 5.92 Å². The van der Waals surface area contributed by atoms with Crippen LogP contribution in [0.4, 0.5) is 4.79 Å². The maximum Gasteiger partial charge on any atom is 0.325 e. The van der Waals surface area contributed by atoms with E-state index in [1.54, 1.807) is 0 Å². The standard InChI is InChI=1S/C13H21N3O2/c17-11-13(5-7-14-8-6-13)15-12(18)16(11)9-10-3-1-2-4-10/h10,14H,1-9H2,(H,15,18). The molecule has 3 fully saturated rings. The van der Waals surface area contributed by atoms with Gasteiger partial charge in [0.2, 0.25) is 0 Å². The van der Waals surface area contributed by atoms with E-state index < -0.39 is 5.54 Å². The Morgan fingerprint density at radius 3 is 2.50 bits per heavy atom. The zero-order chi connectivity index (χ0) is 12.6. The first-order valence-corrected chi connectivity index (χ1v) is 7.06. The molecule has 5 nitrogen and oxygen atoms in total. The number of piperidine rings is 1. The van der Waals surface area contributed by atoms with Gasteiger partial charge in [0.15, 0.2) is 0 Å². The van der Waals surface area contributed by atoms with Gasteiger partial charge in [0.1, 0.15) is 5.54 Å². The van der Waals surface area contributed by atoms with Crippen molar-refractivity contribution in [2.24, 2.45) is 5.92 Å². The van der Waals surface area contributed by atoms with Gasteiger partial charge in [0.05, 0.1) is 0 Å². The van der Waals surface area contributed by atoms with Crippen LogP contribution < -0.4 is 10.6 Å². The molecule has 100 valence electrons. The molecule has 3 amide bonds. The molecular formula is C13H21N3O2. The summed E-state index contributed by atoms with van der Waals surface area (Å²) in [6, 6.07) is -0.172. The van der Waals surface area contributed by atoms with E-state index in [4.69, 9.17) is 0 Å². The van der Waals surface area contributed by atoms with Crippen molar-refractivity contribution in [3.63, 3.8) is 0 Å². The quantitative estimate of drug-likeness (QED) is 0.715. The van der Waals surface area contributed by atoms with E-state index >= 15 is 0 Å². The molecule has 1 spiro atoms. The smallest absolute Gasteiger partial charge is 0.323 e. The third-order valence-electron chi connectivity index (χ3n) is 4.62. The molecule has 0 atom stereocenters. The molecule has 1 saturated carbocycles. The molecule has 0 unspecified atom stereocenters. The van der Waals surface area contributed by atoms with Crippen molar-refractivity contribution in [1.29, 1.82) is 0 Å². The van der Waals surface area contributed by atoms with Crippen LogP contribution in [0.1, 0.15) is 38.5 Å². The van der Waals surface area contributed by atoms with Crippen molar-refractivity contribution in [3.8, 4) is 0 Å². The Hall–Kier alpha value is -1.10. The van der Waals surface area contributed by atoms with E-state index in [0.29, 0.717) is 12.5 Å².